The van der Waals surface area contributed by atoms with E-state index in [0.29, 0.717) is 6.42 Å². The standard InChI is InChI=1S/C28H36N2O6/c1-6-7-8-13-18-28(24(31)32,29-25(33)36-27(2,3)4)30(26(34)35-5)23-21-16-11-9-14-19(21)20-15-10-12-17-22(20)23/h9-12,14-17,23H,6-8,13,18H2,1-5H3,(H,29,33)(H,31,32). The van der Waals surface area contributed by atoms with Crippen molar-refractivity contribution in [3.05, 3.63) is 59.7 Å². The van der Waals surface area contributed by atoms with Crippen molar-refractivity contribution in [1.29, 1.82) is 0 Å². The number of nitrogens with one attached hydrogen (secondary N) is 1. The van der Waals surface area contributed by atoms with E-state index >= 15 is 0 Å². The van der Waals surface area contributed by atoms with Gasteiger partial charge >= 0.3 is 18.2 Å². The first-order valence-corrected chi connectivity index (χ1v) is 12.4. The van der Waals surface area contributed by atoms with Crippen LogP contribution in [0.4, 0.5) is 9.59 Å². The number of ether oxygens (including phenoxy) is 2. The van der Waals surface area contributed by atoms with Gasteiger partial charge in [-0.2, -0.15) is 0 Å². The van der Waals surface area contributed by atoms with Crippen molar-refractivity contribution in [1.82, 2.24) is 10.2 Å². The molecular weight excluding hydrogens is 460 g/mol. The summed E-state index contributed by atoms with van der Waals surface area (Å²) in [4.78, 5) is 40.8. The Morgan fingerprint density at radius 3 is 1.97 bits per heavy atom. The summed E-state index contributed by atoms with van der Waals surface area (Å²) in [5.74, 6) is -1.36. The molecule has 0 radical (unpaired) electrons. The maximum Gasteiger partial charge on any atom is 0.412 e. The normalized spacial score (nSPS) is 14.2. The molecule has 0 fully saturated rings. The third kappa shape index (κ3) is 5.48. The summed E-state index contributed by atoms with van der Waals surface area (Å²) in [6.45, 7) is 7.13. The van der Waals surface area contributed by atoms with Gasteiger partial charge in [-0.15, -0.1) is 0 Å². The zero-order valence-corrected chi connectivity index (χ0v) is 21.7. The number of carboxylic acids is 1. The van der Waals surface area contributed by atoms with Gasteiger partial charge in [0.2, 0.25) is 5.66 Å². The van der Waals surface area contributed by atoms with Crippen LogP contribution < -0.4 is 5.32 Å². The summed E-state index contributed by atoms with van der Waals surface area (Å²) >= 11 is 0. The molecule has 194 valence electrons. The molecule has 1 aliphatic carbocycles. The number of carbonyl (C=O) groups excluding carboxylic acids is 2. The van der Waals surface area contributed by atoms with Gasteiger partial charge in [-0.1, -0.05) is 74.7 Å². The molecule has 1 aliphatic rings. The number of aliphatic carboxylic acids is 1. The molecular formula is C28H36N2O6. The van der Waals surface area contributed by atoms with Crippen LogP contribution in [0.5, 0.6) is 0 Å². The number of benzene rings is 2. The van der Waals surface area contributed by atoms with Gasteiger partial charge in [-0.05, 0) is 49.4 Å². The smallest absolute Gasteiger partial charge is 0.412 e. The summed E-state index contributed by atoms with van der Waals surface area (Å²) in [5, 5.41) is 13.3. The number of hydrogen-bond acceptors (Lipinski definition) is 5. The number of nitrogens with zero attached hydrogens (tertiary/aromatic N) is 1. The summed E-state index contributed by atoms with van der Waals surface area (Å²) in [6.07, 6.45) is 1.26. The highest BCUT2D eigenvalue weighted by molar-refractivity contribution is 5.90. The van der Waals surface area contributed by atoms with Crippen molar-refractivity contribution < 1.29 is 29.0 Å². The van der Waals surface area contributed by atoms with Gasteiger partial charge < -0.3 is 14.6 Å². The monoisotopic (exact) mass is 496 g/mol. The van der Waals surface area contributed by atoms with Gasteiger partial charge in [0.05, 0.1) is 13.2 Å². The number of carboxylic acid groups (broad SMARTS) is 1. The Balaban J connectivity index is 2.20. The fraction of sp³-hybridized carbons (Fsp3) is 0.464. The SMILES string of the molecule is CCCCCCC(NC(=O)OC(C)(C)C)(C(=O)O)N(C(=O)OC)C1c2ccccc2-c2ccccc21. The molecule has 1 unspecified atom stereocenters. The molecule has 0 bridgehead atoms. The number of fused-ring (bicyclic) bond motifs is 3. The largest absolute Gasteiger partial charge is 0.478 e. The molecule has 8 nitrogen and oxygen atoms in total. The van der Waals surface area contributed by atoms with Crippen LogP contribution in [0, 0.1) is 0 Å². The molecule has 2 aromatic rings. The molecule has 36 heavy (non-hydrogen) atoms. The molecule has 8 heteroatoms. The lowest BCUT2D eigenvalue weighted by Crippen LogP contribution is -2.68. The summed E-state index contributed by atoms with van der Waals surface area (Å²) < 4.78 is 10.6. The highest BCUT2D eigenvalue weighted by Gasteiger charge is 2.54. The zero-order valence-electron chi connectivity index (χ0n) is 21.7. The number of methoxy groups -OCH3 is 1. The third-order valence-electron chi connectivity index (χ3n) is 6.30. The first kappa shape index (κ1) is 27.0. The van der Waals surface area contributed by atoms with E-state index in [9.17, 15) is 19.5 Å². The lowest BCUT2D eigenvalue weighted by atomic mass is 9.94. The second-order valence-electron chi connectivity index (χ2n) is 10.0. The molecule has 0 spiro atoms. The van der Waals surface area contributed by atoms with Gasteiger partial charge in [-0.25, -0.2) is 14.4 Å². The lowest BCUT2D eigenvalue weighted by molar-refractivity contribution is -0.155. The molecule has 0 aromatic heterocycles. The average Bonchev–Trinajstić information content (AvgIpc) is 3.14. The minimum Gasteiger partial charge on any atom is -0.478 e. The molecule has 0 saturated carbocycles. The van der Waals surface area contributed by atoms with Gasteiger partial charge in [0.25, 0.3) is 0 Å². The van der Waals surface area contributed by atoms with Crippen molar-refractivity contribution in [2.75, 3.05) is 7.11 Å². The van der Waals surface area contributed by atoms with E-state index in [1.807, 2.05) is 48.5 Å². The highest BCUT2D eigenvalue weighted by atomic mass is 16.6. The van der Waals surface area contributed by atoms with Crippen LogP contribution in [-0.4, -0.2) is 46.5 Å². The van der Waals surface area contributed by atoms with E-state index in [-0.39, 0.29) is 6.42 Å². The number of alkyl carbamates (subject to hydrolysis) is 1. The first-order valence-electron chi connectivity index (χ1n) is 12.4. The summed E-state index contributed by atoms with van der Waals surface area (Å²) in [7, 11) is 1.21. The van der Waals surface area contributed by atoms with Crippen molar-refractivity contribution in [3.8, 4) is 11.1 Å². The van der Waals surface area contributed by atoms with Crippen LogP contribution in [0.2, 0.25) is 0 Å². The molecule has 1 atom stereocenters. The van der Waals surface area contributed by atoms with E-state index in [1.165, 1.54) is 7.11 Å². The Bertz CT molecular complexity index is 1060. The number of unbranched alkanes of at least 4 members (excludes halogenated alkanes) is 3. The Hall–Kier alpha value is -3.55. The van der Waals surface area contributed by atoms with Crippen molar-refractivity contribution in [2.45, 2.75) is 77.1 Å². The fourth-order valence-corrected chi connectivity index (χ4v) is 4.77. The minimum atomic E-state index is -2.11. The predicted octanol–water partition coefficient (Wildman–Crippen LogP) is 6.10. The van der Waals surface area contributed by atoms with Crippen LogP contribution in [0.3, 0.4) is 0 Å². The van der Waals surface area contributed by atoms with Crippen molar-refractivity contribution in [3.63, 3.8) is 0 Å². The van der Waals surface area contributed by atoms with Crippen LogP contribution in [0.1, 0.15) is 77.0 Å². The van der Waals surface area contributed by atoms with Crippen LogP contribution in [-0.2, 0) is 14.3 Å². The Labute approximate surface area is 212 Å². The lowest BCUT2D eigenvalue weighted by Gasteiger charge is -2.43. The maximum absolute atomic E-state index is 13.5. The van der Waals surface area contributed by atoms with Crippen LogP contribution in [0.25, 0.3) is 11.1 Å². The minimum absolute atomic E-state index is 0.0164. The van der Waals surface area contributed by atoms with E-state index in [0.717, 1.165) is 46.4 Å². The van der Waals surface area contributed by atoms with Crippen molar-refractivity contribution in [2.24, 2.45) is 0 Å². The zero-order chi connectivity index (χ0) is 26.5. The van der Waals surface area contributed by atoms with Gasteiger partial charge in [-0.3, -0.25) is 10.2 Å². The quantitative estimate of drug-likeness (QED) is 0.321. The number of carbonyl (C=O) groups is 3. The van der Waals surface area contributed by atoms with Gasteiger partial charge in [0.1, 0.15) is 5.60 Å². The van der Waals surface area contributed by atoms with Crippen LogP contribution >= 0.6 is 0 Å². The number of rotatable bonds is 9. The maximum atomic E-state index is 13.5. The molecule has 0 saturated heterocycles. The van der Waals surface area contributed by atoms with E-state index in [4.69, 9.17) is 9.47 Å². The van der Waals surface area contributed by atoms with E-state index in [1.54, 1.807) is 20.8 Å². The molecule has 0 heterocycles. The van der Waals surface area contributed by atoms with Crippen molar-refractivity contribution >= 4 is 18.2 Å². The Morgan fingerprint density at radius 1 is 0.944 bits per heavy atom. The van der Waals surface area contributed by atoms with Crippen LogP contribution in [0.15, 0.2) is 48.5 Å². The topological polar surface area (TPSA) is 105 Å². The third-order valence-corrected chi connectivity index (χ3v) is 6.30. The van der Waals surface area contributed by atoms with E-state index < -0.39 is 35.5 Å². The van der Waals surface area contributed by atoms with Gasteiger partial charge in [0.15, 0.2) is 0 Å². The average molecular weight is 497 g/mol. The molecule has 2 aromatic carbocycles. The first-order chi connectivity index (χ1) is 17.1. The summed E-state index contributed by atoms with van der Waals surface area (Å²) in [5.41, 5.74) is 0.338. The highest BCUT2D eigenvalue weighted by Crippen LogP contribution is 2.48. The predicted molar refractivity (Wildman–Crippen MR) is 136 cm³/mol. The second-order valence-corrected chi connectivity index (χ2v) is 10.0. The molecule has 2 N–H and O–H groups in total. The Kier molecular flexibility index (Phi) is 8.28. The van der Waals surface area contributed by atoms with E-state index in [2.05, 4.69) is 12.2 Å². The molecule has 2 amide bonds. The fourth-order valence-electron chi connectivity index (χ4n) is 4.77. The summed E-state index contributed by atoms with van der Waals surface area (Å²) in [6, 6.07) is 14.3. The molecule has 3 rings (SSSR count). The number of hydrogen-bond donors (Lipinski definition) is 2. The van der Waals surface area contributed by atoms with Gasteiger partial charge in [0, 0.05) is 6.42 Å². The number of amides is 2. The second kappa shape index (κ2) is 11.0. The Morgan fingerprint density at radius 2 is 1.50 bits per heavy atom. The molecule has 0 aliphatic heterocycles.